The second-order valence-electron chi connectivity index (χ2n) is 7.07. The molecule has 0 saturated heterocycles. The molecule has 1 heterocycles. The number of rotatable bonds is 5. The standard InChI is InChI=1S/C21H24FN3O3/c1-13-4-6-16(11-17(13)22)24-21(27)20(26)23-12-18(25(2)3)14-5-7-19-15(10-14)8-9-28-19/h4-7,10-11,18H,8-9,12H2,1-3H3,(H,23,26)(H,24,27). The third-order valence-corrected chi connectivity index (χ3v) is 4.81. The Morgan fingerprint density at radius 3 is 2.68 bits per heavy atom. The summed E-state index contributed by atoms with van der Waals surface area (Å²) < 4.78 is 19.1. The fourth-order valence-electron chi connectivity index (χ4n) is 3.14. The maximum absolute atomic E-state index is 13.6. The first-order chi connectivity index (χ1) is 13.3. The molecule has 28 heavy (non-hydrogen) atoms. The molecule has 2 aromatic rings. The van der Waals surface area contributed by atoms with Crippen LogP contribution < -0.4 is 15.4 Å². The number of nitrogens with one attached hydrogen (secondary N) is 2. The lowest BCUT2D eigenvalue weighted by molar-refractivity contribution is -0.136. The van der Waals surface area contributed by atoms with E-state index in [1.54, 1.807) is 19.1 Å². The van der Waals surface area contributed by atoms with Crippen molar-refractivity contribution in [1.29, 1.82) is 0 Å². The number of ether oxygens (including phenoxy) is 1. The van der Waals surface area contributed by atoms with Crippen LogP contribution in [0, 0.1) is 12.7 Å². The summed E-state index contributed by atoms with van der Waals surface area (Å²) in [5.74, 6) is -1.14. The summed E-state index contributed by atoms with van der Waals surface area (Å²) >= 11 is 0. The van der Waals surface area contributed by atoms with Gasteiger partial charge in [-0.05, 0) is 55.9 Å². The number of halogens is 1. The minimum absolute atomic E-state index is 0.0977. The van der Waals surface area contributed by atoms with Crippen LogP contribution in [0.1, 0.15) is 22.7 Å². The summed E-state index contributed by atoms with van der Waals surface area (Å²) in [6, 6.07) is 10.2. The number of nitrogens with zero attached hydrogens (tertiary/aromatic N) is 1. The molecular formula is C21H24FN3O3. The topological polar surface area (TPSA) is 70.7 Å². The van der Waals surface area contributed by atoms with Gasteiger partial charge in [-0.1, -0.05) is 18.2 Å². The van der Waals surface area contributed by atoms with Crippen molar-refractivity contribution in [2.45, 2.75) is 19.4 Å². The summed E-state index contributed by atoms with van der Waals surface area (Å²) in [4.78, 5) is 26.3. The van der Waals surface area contributed by atoms with Gasteiger partial charge in [-0.25, -0.2) is 4.39 Å². The van der Waals surface area contributed by atoms with Crippen LogP contribution in [0.3, 0.4) is 0 Å². The van der Waals surface area contributed by atoms with Gasteiger partial charge in [0.2, 0.25) is 0 Å². The van der Waals surface area contributed by atoms with Crippen LogP contribution in [0.4, 0.5) is 10.1 Å². The van der Waals surface area contributed by atoms with Crippen LogP contribution >= 0.6 is 0 Å². The van der Waals surface area contributed by atoms with Crippen LogP contribution in [0.2, 0.25) is 0 Å². The molecular weight excluding hydrogens is 361 g/mol. The summed E-state index contributed by atoms with van der Waals surface area (Å²) in [6.45, 7) is 2.57. The van der Waals surface area contributed by atoms with Crippen molar-refractivity contribution in [3.63, 3.8) is 0 Å². The average molecular weight is 385 g/mol. The van der Waals surface area contributed by atoms with Gasteiger partial charge in [0.05, 0.1) is 12.6 Å². The Morgan fingerprint density at radius 2 is 1.96 bits per heavy atom. The van der Waals surface area contributed by atoms with Crippen molar-refractivity contribution in [2.75, 3.05) is 32.6 Å². The molecule has 2 amide bonds. The van der Waals surface area contributed by atoms with E-state index in [1.807, 2.05) is 31.1 Å². The number of carbonyl (C=O) groups excluding carboxylic acids is 2. The normalized spacial score (nSPS) is 13.6. The van der Waals surface area contributed by atoms with Gasteiger partial charge in [0.1, 0.15) is 11.6 Å². The molecule has 148 valence electrons. The lowest BCUT2D eigenvalue weighted by atomic mass is 10.0. The minimum atomic E-state index is -0.830. The molecule has 0 fully saturated rings. The van der Waals surface area contributed by atoms with E-state index in [4.69, 9.17) is 4.74 Å². The minimum Gasteiger partial charge on any atom is -0.493 e. The van der Waals surface area contributed by atoms with E-state index in [9.17, 15) is 14.0 Å². The maximum Gasteiger partial charge on any atom is 0.313 e. The van der Waals surface area contributed by atoms with E-state index in [1.165, 1.54) is 6.07 Å². The Morgan fingerprint density at radius 1 is 1.18 bits per heavy atom. The zero-order chi connectivity index (χ0) is 20.3. The van der Waals surface area contributed by atoms with Gasteiger partial charge in [-0.3, -0.25) is 9.59 Å². The first kappa shape index (κ1) is 19.8. The van der Waals surface area contributed by atoms with Gasteiger partial charge in [-0.2, -0.15) is 0 Å². The predicted octanol–water partition coefficient (Wildman–Crippen LogP) is 2.43. The Balaban J connectivity index is 1.62. The molecule has 1 aliphatic heterocycles. The number of anilines is 1. The van der Waals surface area contributed by atoms with Crippen LogP contribution in [-0.4, -0.2) is 44.0 Å². The first-order valence-electron chi connectivity index (χ1n) is 9.12. The smallest absolute Gasteiger partial charge is 0.313 e. The number of benzene rings is 2. The zero-order valence-corrected chi connectivity index (χ0v) is 16.2. The number of hydrogen-bond acceptors (Lipinski definition) is 4. The molecule has 0 radical (unpaired) electrons. The summed E-state index contributed by atoms with van der Waals surface area (Å²) in [5, 5.41) is 5.07. The molecule has 1 unspecified atom stereocenters. The monoisotopic (exact) mass is 385 g/mol. The van der Waals surface area contributed by atoms with Crippen LogP contribution in [0.5, 0.6) is 5.75 Å². The maximum atomic E-state index is 13.6. The van der Waals surface area contributed by atoms with Gasteiger partial charge in [0.15, 0.2) is 0 Å². The zero-order valence-electron chi connectivity index (χ0n) is 16.2. The number of amides is 2. The van der Waals surface area contributed by atoms with Gasteiger partial charge < -0.3 is 20.3 Å². The molecule has 7 heteroatoms. The van der Waals surface area contributed by atoms with Crippen molar-refractivity contribution in [2.24, 2.45) is 0 Å². The Bertz CT molecular complexity index is 898. The highest BCUT2D eigenvalue weighted by atomic mass is 19.1. The SMILES string of the molecule is Cc1ccc(NC(=O)C(=O)NCC(c2ccc3c(c2)CCO3)N(C)C)cc1F. The highest BCUT2D eigenvalue weighted by Gasteiger charge is 2.21. The van der Waals surface area contributed by atoms with E-state index in [0.29, 0.717) is 12.2 Å². The molecule has 0 bridgehead atoms. The van der Waals surface area contributed by atoms with Crippen molar-refractivity contribution in [1.82, 2.24) is 10.2 Å². The van der Waals surface area contributed by atoms with E-state index < -0.39 is 17.6 Å². The van der Waals surface area contributed by atoms with Crippen molar-refractivity contribution in [3.05, 3.63) is 58.9 Å². The first-order valence-corrected chi connectivity index (χ1v) is 9.12. The van der Waals surface area contributed by atoms with Crippen molar-refractivity contribution < 1.29 is 18.7 Å². The molecule has 1 atom stereocenters. The van der Waals surface area contributed by atoms with Crippen LogP contribution in [0.25, 0.3) is 0 Å². The van der Waals surface area contributed by atoms with Gasteiger partial charge >= 0.3 is 11.8 Å². The predicted molar refractivity (Wildman–Crippen MR) is 105 cm³/mol. The molecule has 0 aliphatic carbocycles. The van der Waals surface area contributed by atoms with E-state index in [2.05, 4.69) is 16.7 Å². The quantitative estimate of drug-likeness (QED) is 0.776. The number of carbonyl (C=O) groups is 2. The Labute approximate surface area is 163 Å². The molecule has 2 aromatic carbocycles. The van der Waals surface area contributed by atoms with Gasteiger partial charge in [0, 0.05) is 18.7 Å². The van der Waals surface area contributed by atoms with E-state index in [0.717, 1.165) is 23.3 Å². The van der Waals surface area contributed by atoms with E-state index >= 15 is 0 Å². The second-order valence-corrected chi connectivity index (χ2v) is 7.07. The fourth-order valence-corrected chi connectivity index (χ4v) is 3.14. The lowest BCUT2D eigenvalue weighted by Crippen LogP contribution is -2.40. The fraction of sp³-hybridized carbons (Fsp3) is 0.333. The molecule has 0 saturated carbocycles. The number of aryl methyl sites for hydroxylation is 1. The number of fused-ring (bicyclic) bond motifs is 1. The second kappa shape index (κ2) is 8.39. The van der Waals surface area contributed by atoms with Gasteiger partial charge in [0.25, 0.3) is 0 Å². The Hall–Kier alpha value is -2.93. The molecule has 2 N–H and O–H groups in total. The Kier molecular flexibility index (Phi) is 5.94. The molecule has 0 aromatic heterocycles. The van der Waals surface area contributed by atoms with Crippen molar-refractivity contribution in [3.8, 4) is 5.75 Å². The summed E-state index contributed by atoms with van der Waals surface area (Å²) in [6.07, 6.45) is 0.866. The third-order valence-electron chi connectivity index (χ3n) is 4.81. The van der Waals surface area contributed by atoms with E-state index in [-0.39, 0.29) is 18.3 Å². The highest BCUT2D eigenvalue weighted by molar-refractivity contribution is 6.39. The third kappa shape index (κ3) is 4.48. The largest absolute Gasteiger partial charge is 0.493 e. The number of likely N-dealkylation sites (N-methyl/N-ethyl adjacent to an activating group) is 1. The molecule has 6 nitrogen and oxygen atoms in total. The number of hydrogen-bond donors (Lipinski definition) is 2. The highest BCUT2D eigenvalue weighted by Crippen LogP contribution is 2.29. The van der Waals surface area contributed by atoms with Crippen LogP contribution in [0.15, 0.2) is 36.4 Å². The summed E-state index contributed by atoms with van der Waals surface area (Å²) in [7, 11) is 3.82. The molecule has 3 rings (SSSR count). The van der Waals surface area contributed by atoms with Crippen molar-refractivity contribution >= 4 is 17.5 Å². The van der Waals surface area contributed by atoms with Gasteiger partial charge in [-0.15, -0.1) is 0 Å². The average Bonchev–Trinajstić information content (AvgIpc) is 3.12. The molecule has 0 spiro atoms. The lowest BCUT2D eigenvalue weighted by Gasteiger charge is -2.25. The summed E-state index contributed by atoms with van der Waals surface area (Å²) in [5.41, 5.74) is 2.90. The van der Waals surface area contributed by atoms with Crippen LogP contribution in [-0.2, 0) is 16.0 Å². The molecule has 1 aliphatic rings.